The van der Waals surface area contributed by atoms with Gasteiger partial charge in [-0.3, -0.25) is 0 Å². The summed E-state index contributed by atoms with van der Waals surface area (Å²) in [5, 5.41) is 0. The molecular formula is C11H20N2. The Kier molecular flexibility index (Phi) is 2.11. The maximum atomic E-state index is 2.48. The van der Waals surface area contributed by atoms with Crippen molar-refractivity contribution < 1.29 is 0 Å². The SMILES string of the molecule is CC1=C(C)N(C)C2CCN(C)CC12. The number of fused-ring (bicyclic) bond motifs is 1. The molecule has 2 atom stereocenters. The van der Waals surface area contributed by atoms with Crippen LogP contribution in [0.5, 0.6) is 0 Å². The van der Waals surface area contributed by atoms with E-state index in [2.05, 4.69) is 37.7 Å². The van der Waals surface area contributed by atoms with Gasteiger partial charge in [0.05, 0.1) is 0 Å². The van der Waals surface area contributed by atoms with E-state index in [1.807, 2.05) is 0 Å². The number of allylic oxidation sites excluding steroid dienone is 1. The number of nitrogens with zero attached hydrogens (tertiary/aromatic N) is 2. The molecule has 2 rings (SSSR count). The zero-order valence-corrected chi connectivity index (χ0v) is 9.17. The Bertz CT molecular complexity index is 244. The summed E-state index contributed by atoms with van der Waals surface area (Å²) in [6, 6.07) is 0.788. The molecule has 0 radical (unpaired) electrons. The summed E-state index contributed by atoms with van der Waals surface area (Å²) in [5.74, 6) is 0.795. The first kappa shape index (κ1) is 9.07. The molecule has 0 bridgehead atoms. The molecule has 0 N–H and O–H groups in total. The van der Waals surface area contributed by atoms with Gasteiger partial charge in [-0.2, -0.15) is 0 Å². The number of hydrogen-bond acceptors (Lipinski definition) is 2. The van der Waals surface area contributed by atoms with Crippen molar-refractivity contribution in [3.63, 3.8) is 0 Å². The lowest BCUT2D eigenvalue weighted by atomic mass is 9.89. The van der Waals surface area contributed by atoms with Crippen molar-refractivity contribution in [3.8, 4) is 0 Å². The highest BCUT2D eigenvalue weighted by molar-refractivity contribution is 5.23. The quantitative estimate of drug-likeness (QED) is 0.558. The summed E-state index contributed by atoms with van der Waals surface area (Å²) in [6.45, 7) is 7.06. The predicted octanol–water partition coefficient (Wildman–Crippen LogP) is 1.55. The van der Waals surface area contributed by atoms with Gasteiger partial charge in [0.1, 0.15) is 0 Å². The first-order valence-corrected chi connectivity index (χ1v) is 5.20. The largest absolute Gasteiger partial charge is 0.374 e. The normalized spacial score (nSPS) is 35.5. The summed E-state index contributed by atoms with van der Waals surface area (Å²) in [4.78, 5) is 4.93. The number of likely N-dealkylation sites (tertiary alicyclic amines) is 1. The minimum Gasteiger partial charge on any atom is -0.374 e. The van der Waals surface area contributed by atoms with Crippen LogP contribution in [0.2, 0.25) is 0 Å². The Morgan fingerprint density at radius 3 is 2.62 bits per heavy atom. The molecule has 2 nitrogen and oxygen atoms in total. The van der Waals surface area contributed by atoms with Crippen LogP contribution in [0.3, 0.4) is 0 Å². The fourth-order valence-corrected chi connectivity index (χ4v) is 2.79. The Hall–Kier alpha value is -0.500. The van der Waals surface area contributed by atoms with Crippen molar-refractivity contribution in [2.24, 2.45) is 5.92 Å². The van der Waals surface area contributed by atoms with Gasteiger partial charge in [0, 0.05) is 31.2 Å². The second kappa shape index (κ2) is 3.02. The fraction of sp³-hybridized carbons (Fsp3) is 0.818. The molecule has 0 aromatic carbocycles. The monoisotopic (exact) mass is 180 g/mol. The van der Waals surface area contributed by atoms with Gasteiger partial charge in [-0.25, -0.2) is 0 Å². The van der Waals surface area contributed by atoms with E-state index in [1.54, 1.807) is 5.57 Å². The van der Waals surface area contributed by atoms with E-state index in [-0.39, 0.29) is 0 Å². The third-order valence-electron chi connectivity index (χ3n) is 3.93. The van der Waals surface area contributed by atoms with Gasteiger partial charge in [0.2, 0.25) is 0 Å². The van der Waals surface area contributed by atoms with E-state index in [1.165, 1.54) is 25.2 Å². The van der Waals surface area contributed by atoms with Gasteiger partial charge in [0.15, 0.2) is 0 Å². The molecule has 2 aliphatic rings. The second-order valence-electron chi connectivity index (χ2n) is 4.60. The maximum Gasteiger partial charge on any atom is 0.0374 e. The highest BCUT2D eigenvalue weighted by Gasteiger charge is 2.37. The van der Waals surface area contributed by atoms with E-state index in [9.17, 15) is 0 Å². The van der Waals surface area contributed by atoms with Crippen molar-refractivity contribution in [1.82, 2.24) is 9.80 Å². The summed E-state index contributed by atoms with van der Waals surface area (Å²) in [7, 11) is 4.48. The molecule has 0 amide bonds. The van der Waals surface area contributed by atoms with Gasteiger partial charge in [-0.05, 0) is 39.4 Å². The highest BCUT2D eigenvalue weighted by Crippen LogP contribution is 2.36. The predicted molar refractivity (Wildman–Crippen MR) is 55.5 cm³/mol. The highest BCUT2D eigenvalue weighted by atomic mass is 15.2. The van der Waals surface area contributed by atoms with E-state index >= 15 is 0 Å². The van der Waals surface area contributed by atoms with E-state index in [0.29, 0.717) is 0 Å². The Morgan fingerprint density at radius 2 is 1.92 bits per heavy atom. The van der Waals surface area contributed by atoms with E-state index in [0.717, 1.165) is 12.0 Å². The molecule has 1 saturated heterocycles. The summed E-state index contributed by atoms with van der Waals surface area (Å²) >= 11 is 0. The second-order valence-corrected chi connectivity index (χ2v) is 4.60. The van der Waals surface area contributed by atoms with Gasteiger partial charge in [0.25, 0.3) is 0 Å². The van der Waals surface area contributed by atoms with Crippen molar-refractivity contribution in [1.29, 1.82) is 0 Å². The lowest BCUT2D eigenvalue weighted by Crippen LogP contribution is -2.44. The molecule has 0 aromatic heterocycles. The zero-order valence-electron chi connectivity index (χ0n) is 9.17. The number of piperidine rings is 1. The third-order valence-corrected chi connectivity index (χ3v) is 3.93. The minimum absolute atomic E-state index is 0.788. The van der Waals surface area contributed by atoms with Gasteiger partial charge >= 0.3 is 0 Å². The Labute approximate surface area is 81.2 Å². The number of rotatable bonds is 0. The van der Waals surface area contributed by atoms with Crippen LogP contribution in [-0.4, -0.2) is 43.0 Å². The van der Waals surface area contributed by atoms with Gasteiger partial charge < -0.3 is 9.80 Å². The van der Waals surface area contributed by atoms with Crippen LogP contribution < -0.4 is 0 Å². The van der Waals surface area contributed by atoms with Gasteiger partial charge in [-0.15, -0.1) is 0 Å². The van der Waals surface area contributed by atoms with Crippen LogP contribution in [-0.2, 0) is 0 Å². The molecule has 0 saturated carbocycles. The fourth-order valence-electron chi connectivity index (χ4n) is 2.79. The van der Waals surface area contributed by atoms with Crippen LogP contribution in [0, 0.1) is 5.92 Å². The van der Waals surface area contributed by atoms with Crippen molar-refractivity contribution in [2.45, 2.75) is 26.3 Å². The molecule has 0 spiro atoms. The Balaban J connectivity index is 2.21. The van der Waals surface area contributed by atoms with E-state index in [4.69, 9.17) is 0 Å². The summed E-state index contributed by atoms with van der Waals surface area (Å²) < 4.78 is 0. The van der Waals surface area contributed by atoms with Crippen LogP contribution in [0.1, 0.15) is 20.3 Å². The van der Waals surface area contributed by atoms with Crippen LogP contribution in [0.4, 0.5) is 0 Å². The van der Waals surface area contributed by atoms with Crippen LogP contribution >= 0.6 is 0 Å². The Morgan fingerprint density at radius 1 is 1.23 bits per heavy atom. The topological polar surface area (TPSA) is 6.48 Å². The average Bonchev–Trinajstić information content (AvgIpc) is 2.32. The van der Waals surface area contributed by atoms with E-state index < -0.39 is 0 Å². The first-order chi connectivity index (χ1) is 6.11. The summed E-state index contributed by atoms with van der Waals surface area (Å²) in [6.07, 6.45) is 1.33. The lowest BCUT2D eigenvalue weighted by Gasteiger charge is -2.36. The molecule has 2 heteroatoms. The van der Waals surface area contributed by atoms with Gasteiger partial charge in [-0.1, -0.05) is 0 Å². The first-order valence-electron chi connectivity index (χ1n) is 5.20. The average molecular weight is 180 g/mol. The molecule has 2 heterocycles. The molecular weight excluding hydrogens is 160 g/mol. The van der Waals surface area contributed by atoms with Crippen molar-refractivity contribution in [2.75, 3.05) is 27.2 Å². The standard InChI is InChI=1S/C11H20N2/c1-8-9(2)13(4)11-5-6-12(3)7-10(8)11/h10-11H,5-7H2,1-4H3. The molecule has 74 valence electrons. The van der Waals surface area contributed by atoms with Crippen LogP contribution in [0.15, 0.2) is 11.3 Å². The molecule has 2 unspecified atom stereocenters. The van der Waals surface area contributed by atoms with Crippen molar-refractivity contribution in [3.05, 3.63) is 11.3 Å². The zero-order chi connectivity index (χ0) is 9.59. The molecule has 2 aliphatic heterocycles. The lowest BCUT2D eigenvalue weighted by molar-refractivity contribution is 0.149. The molecule has 13 heavy (non-hydrogen) atoms. The van der Waals surface area contributed by atoms with Crippen molar-refractivity contribution >= 4 is 0 Å². The summed E-state index contributed by atoms with van der Waals surface area (Å²) in [5.41, 5.74) is 3.12. The smallest absolute Gasteiger partial charge is 0.0374 e. The molecule has 1 fully saturated rings. The molecule has 0 aromatic rings. The third kappa shape index (κ3) is 1.28. The molecule has 0 aliphatic carbocycles. The minimum atomic E-state index is 0.788. The number of hydrogen-bond donors (Lipinski definition) is 0. The van der Waals surface area contributed by atoms with Crippen LogP contribution in [0.25, 0.3) is 0 Å². The maximum absolute atomic E-state index is 2.48.